The van der Waals surface area contributed by atoms with Gasteiger partial charge in [0, 0.05) is 36.1 Å². The van der Waals surface area contributed by atoms with Gasteiger partial charge < -0.3 is 16.0 Å². The molecule has 0 saturated carbocycles. The Kier molecular flexibility index (Phi) is 7.45. The molecule has 196 valence electrons. The molecule has 0 atom stereocenters. The van der Waals surface area contributed by atoms with Crippen molar-refractivity contribution in [3.05, 3.63) is 124 Å². The molecule has 0 saturated heterocycles. The lowest BCUT2D eigenvalue weighted by molar-refractivity contribution is -0.110. The molecule has 5 rings (SSSR count). The average molecular weight is 525 g/mol. The van der Waals surface area contributed by atoms with Crippen LogP contribution in [-0.4, -0.2) is 23.3 Å². The Balaban J connectivity index is 1.20. The summed E-state index contributed by atoms with van der Waals surface area (Å²) < 4.78 is 26.6. The molecule has 2 aliphatic rings. The van der Waals surface area contributed by atoms with Crippen molar-refractivity contribution < 1.29 is 18.4 Å². The van der Waals surface area contributed by atoms with Crippen LogP contribution in [0.1, 0.15) is 40.4 Å². The maximum Gasteiger partial charge on any atom is 0.256 e. The first-order valence-electron chi connectivity index (χ1n) is 12.5. The van der Waals surface area contributed by atoms with Crippen LogP contribution in [0.3, 0.4) is 0 Å². The van der Waals surface area contributed by atoms with E-state index in [1.807, 2.05) is 43.4 Å². The minimum Gasteiger partial charge on any atom is -0.366 e. The molecule has 39 heavy (non-hydrogen) atoms. The maximum absolute atomic E-state index is 13.4. The molecular weight excluding hydrogens is 498 g/mol. The number of allylic oxidation sites excluding steroid dienone is 5. The predicted molar refractivity (Wildman–Crippen MR) is 149 cm³/mol. The minimum atomic E-state index is -0.964. The van der Waals surface area contributed by atoms with Gasteiger partial charge in [-0.2, -0.15) is 0 Å². The highest BCUT2D eigenvalue weighted by atomic mass is 19.2. The van der Waals surface area contributed by atoms with E-state index in [4.69, 9.17) is 0 Å². The molecule has 3 N–H and O–H groups in total. The van der Waals surface area contributed by atoms with Crippen LogP contribution in [0.5, 0.6) is 0 Å². The fraction of sp³-hybridized carbons (Fsp3) is 0.129. The van der Waals surface area contributed by atoms with E-state index in [0.717, 1.165) is 40.9 Å². The minimum absolute atomic E-state index is 0.0458. The second-order valence-electron chi connectivity index (χ2n) is 9.25. The lowest BCUT2D eigenvalue weighted by atomic mass is 10.0. The molecule has 1 aromatic heterocycles. The predicted octanol–water partition coefficient (Wildman–Crippen LogP) is 6.03. The van der Waals surface area contributed by atoms with Crippen LogP contribution in [0.2, 0.25) is 0 Å². The molecule has 2 heterocycles. The fourth-order valence-electron chi connectivity index (χ4n) is 4.44. The number of halogens is 2. The first kappa shape index (κ1) is 25.8. The number of carbonyl (C=O) groups is 2. The van der Waals surface area contributed by atoms with Crippen LogP contribution in [0.4, 0.5) is 20.3 Å². The summed E-state index contributed by atoms with van der Waals surface area (Å²) in [7, 11) is 0. The number of rotatable bonds is 8. The summed E-state index contributed by atoms with van der Waals surface area (Å²) in [6.45, 7) is 2.49. The number of fused-ring (bicyclic) bond motifs is 1. The van der Waals surface area contributed by atoms with Crippen molar-refractivity contribution in [3.63, 3.8) is 0 Å². The maximum atomic E-state index is 13.4. The van der Waals surface area contributed by atoms with Gasteiger partial charge in [-0.15, -0.1) is 0 Å². The Hall–Kier alpha value is -4.85. The van der Waals surface area contributed by atoms with E-state index in [2.05, 4.69) is 33.1 Å². The van der Waals surface area contributed by atoms with Gasteiger partial charge >= 0.3 is 0 Å². The van der Waals surface area contributed by atoms with E-state index in [1.165, 1.54) is 11.6 Å². The second kappa shape index (κ2) is 11.3. The molecule has 1 aliphatic carbocycles. The van der Waals surface area contributed by atoms with Gasteiger partial charge in [0.25, 0.3) is 11.8 Å². The van der Waals surface area contributed by atoms with Crippen molar-refractivity contribution in [1.82, 2.24) is 10.3 Å². The van der Waals surface area contributed by atoms with Crippen LogP contribution in [0.25, 0.3) is 11.6 Å². The van der Waals surface area contributed by atoms with Gasteiger partial charge in [0.15, 0.2) is 11.6 Å². The van der Waals surface area contributed by atoms with Crippen LogP contribution in [0, 0.1) is 11.6 Å². The van der Waals surface area contributed by atoms with E-state index in [9.17, 15) is 18.4 Å². The molecule has 0 radical (unpaired) electrons. The first-order chi connectivity index (χ1) is 18.9. The number of benzene rings is 2. The van der Waals surface area contributed by atoms with Crippen molar-refractivity contribution in [2.75, 3.05) is 17.2 Å². The first-order valence-corrected chi connectivity index (χ1v) is 12.5. The third kappa shape index (κ3) is 5.85. The zero-order chi connectivity index (χ0) is 27.4. The van der Waals surface area contributed by atoms with Gasteiger partial charge in [-0.05, 0) is 72.0 Å². The van der Waals surface area contributed by atoms with E-state index in [0.29, 0.717) is 29.1 Å². The summed E-state index contributed by atoms with van der Waals surface area (Å²) >= 11 is 0. The number of nitrogens with zero attached hydrogens (tertiary/aromatic N) is 1. The number of hydrogen-bond donors (Lipinski definition) is 3. The zero-order valence-corrected chi connectivity index (χ0v) is 21.2. The van der Waals surface area contributed by atoms with Crippen molar-refractivity contribution in [1.29, 1.82) is 0 Å². The van der Waals surface area contributed by atoms with Crippen molar-refractivity contribution in [2.45, 2.75) is 19.9 Å². The van der Waals surface area contributed by atoms with Crippen LogP contribution >= 0.6 is 0 Å². The molecule has 0 fully saturated rings. The Labute approximate surface area is 224 Å². The van der Waals surface area contributed by atoms with E-state index in [1.54, 1.807) is 18.3 Å². The third-order valence-electron chi connectivity index (χ3n) is 6.54. The third-order valence-corrected chi connectivity index (χ3v) is 6.54. The SMILES string of the molecule is CC1=C(/C=C2\C(=O)Nc3cc(/C=C/CNc4ncccc4C(=O)NCc4ccc(F)c(F)c4)ccc32)CC=C1. The summed E-state index contributed by atoms with van der Waals surface area (Å²) in [5, 5.41) is 8.78. The number of pyridine rings is 1. The number of hydrogen-bond acceptors (Lipinski definition) is 4. The van der Waals surface area contributed by atoms with E-state index < -0.39 is 17.5 Å². The highest BCUT2D eigenvalue weighted by molar-refractivity contribution is 6.32. The Bertz CT molecular complexity index is 1590. The molecule has 3 aromatic rings. The van der Waals surface area contributed by atoms with Crippen LogP contribution < -0.4 is 16.0 Å². The van der Waals surface area contributed by atoms with Gasteiger partial charge in [0.2, 0.25) is 0 Å². The highest BCUT2D eigenvalue weighted by Crippen LogP contribution is 2.35. The Morgan fingerprint density at radius 1 is 1.13 bits per heavy atom. The molecule has 2 amide bonds. The quantitative estimate of drug-likeness (QED) is 0.315. The lowest BCUT2D eigenvalue weighted by Crippen LogP contribution is -2.24. The van der Waals surface area contributed by atoms with Crippen LogP contribution in [0.15, 0.2) is 90.2 Å². The smallest absolute Gasteiger partial charge is 0.256 e. The zero-order valence-electron chi connectivity index (χ0n) is 21.2. The van der Waals surface area contributed by atoms with Gasteiger partial charge in [-0.25, -0.2) is 13.8 Å². The number of aromatic nitrogens is 1. The van der Waals surface area contributed by atoms with Gasteiger partial charge in [0.05, 0.1) is 5.56 Å². The van der Waals surface area contributed by atoms with Crippen LogP contribution in [-0.2, 0) is 11.3 Å². The summed E-state index contributed by atoms with van der Waals surface area (Å²) in [6, 6.07) is 12.6. The topological polar surface area (TPSA) is 83.1 Å². The normalized spacial score (nSPS) is 15.3. The van der Waals surface area contributed by atoms with Gasteiger partial charge in [0.1, 0.15) is 5.82 Å². The molecule has 1 aliphatic heterocycles. The highest BCUT2D eigenvalue weighted by Gasteiger charge is 2.24. The second-order valence-corrected chi connectivity index (χ2v) is 9.25. The summed E-state index contributed by atoms with van der Waals surface area (Å²) in [5.41, 5.74) is 6.34. The van der Waals surface area contributed by atoms with Gasteiger partial charge in [-0.1, -0.05) is 42.5 Å². The number of amides is 2. The Morgan fingerprint density at radius 3 is 2.79 bits per heavy atom. The van der Waals surface area contributed by atoms with Gasteiger partial charge in [-0.3, -0.25) is 9.59 Å². The largest absolute Gasteiger partial charge is 0.366 e. The molecule has 0 bridgehead atoms. The molecule has 0 spiro atoms. The molecule has 2 aromatic carbocycles. The molecule has 0 unspecified atom stereocenters. The van der Waals surface area contributed by atoms with E-state index >= 15 is 0 Å². The summed E-state index contributed by atoms with van der Waals surface area (Å²) in [4.78, 5) is 29.5. The molecule has 8 heteroatoms. The van der Waals surface area contributed by atoms with Crippen molar-refractivity contribution in [3.8, 4) is 0 Å². The average Bonchev–Trinajstić information content (AvgIpc) is 3.48. The van der Waals surface area contributed by atoms with E-state index in [-0.39, 0.29) is 12.5 Å². The fourth-order valence-corrected chi connectivity index (χ4v) is 4.44. The Morgan fingerprint density at radius 2 is 2.00 bits per heavy atom. The van der Waals surface area contributed by atoms with Crippen molar-refractivity contribution >= 4 is 35.0 Å². The number of nitrogens with one attached hydrogen (secondary N) is 3. The number of carbonyl (C=O) groups excluding carboxylic acids is 2. The summed E-state index contributed by atoms with van der Waals surface area (Å²) in [5.74, 6) is -2.00. The lowest BCUT2D eigenvalue weighted by Gasteiger charge is -2.10. The monoisotopic (exact) mass is 524 g/mol. The number of anilines is 2. The molecule has 6 nitrogen and oxygen atoms in total. The van der Waals surface area contributed by atoms with Crippen molar-refractivity contribution in [2.24, 2.45) is 0 Å². The standard InChI is InChI=1S/C31H26F2N4O2/c1-19-5-2-7-22(19)17-25-23-11-9-20(16-28(23)37-31(25)39)6-3-13-34-29-24(8-4-14-35-29)30(38)36-18-21-10-12-26(32)27(33)15-21/h2-6,8-12,14-17H,7,13,18H2,1H3,(H,34,35)(H,36,38)(H,37,39)/b6-3+,25-17-. The summed E-state index contributed by atoms with van der Waals surface area (Å²) in [6.07, 6.45) is 12.3. The molecular formula is C31H26F2N4O2.